The Balaban J connectivity index is 1.96. The molecule has 0 radical (unpaired) electrons. The lowest BCUT2D eigenvalue weighted by atomic mass is 10.1. The van der Waals surface area contributed by atoms with Gasteiger partial charge < -0.3 is 15.0 Å². The number of hydrogen-bond donors (Lipinski definition) is 1. The number of methoxy groups -OCH3 is 1. The zero-order valence-electron chi connectivity index (χ0n) is 11.0. The summed E-state index contributed by atoms with van der Waals surface area (Å²) in [6.45, 7) is 2.16. The smallest absolute Gasteiger partial charge is 0.239 e. The molecule has 0 spiro atoms. The van der Waals surface area contributed by atoms with Crippen LogP contribution in [0.1, 0.15) is 17.5 Å². The molecule has 1 amide bonds. The molecule has 0 aliphatic carbocycles. The van der Waals surface area contributed by atoms with E-state index in [2.05, 4.69) is 17.4 Å². The molecule has 1 aromatic carbocycles. The van der Waals surface area contributed by atoms with Crippen LogP contribution in [-0.2, 0) is 22.7 Å². The number of rotatable bonds is 5. The number of nitrogens with one attached hydrogen (secondary N) is 1. The summed E-state index contributed by atoms with van der Waals surface area (Å²) in [5.41, 5.74) is 2.37. The molecule has 0 saturated carbocycles. The molecular formula is C14H20N2O2. The van der Waals surface area contributed by atoms with Crippen molar-refractivity contribution in [1.29, 1.82) is 0 Å². The van der Waals surface area contributed by atoms with Crippen molar-refractivity contribution >= 4 is 5.91 Å². The van der Waals surface area contributed by atoms with Crippen LogP contribution in [0.15, 0.2) is 24.3 Å². The second kappa shape index (κ2) is 5.98. The number of ether oxygens (including phenoxy) is 1. The molecule has 1 N–H and O–H groups in total. The molecule has 18 heavy (non-hydrogen) atoms. The first-order chi connectivity index (χ1) is 8.72. The van der Waals surface area contributed by atoms with Crippen molar-refractivity contribution in [2.45, 2.75) is 25.6 Å². The number of carbonyl (C=O) groups is 1. The van der Waals surface area contributed by atoms with Crippen LogP contribution in [0.2, 0.25) is 0 Å². The molecule has 0 aromatic heterocycles. The second-order valence-electron chi connectivity index (χ2n) is 4.68. The van der Waals surface area contributed by atoms with Crippen LogP contribution >= 0.6 is 0 Å². The van der Waals surface area contributed by atoms with E-state index < -0.39 is 0 Å². The van der Waals surface area contributed by atoms with Gasteiger partial charge in [0.1, 0.15) is 0 Å². The van der Waals surface area contributed by atoms with Crippen molar-refractivity contribution in [3.05, 3.63) is 35.4 Å². The van der Waals surface area contributed by atoms with Gasteiger partial charge in [-0.05, 0) is 17.5 Å². The van der Waals surface area contributed by atoms with Crippen molar-refractivity contribution in [2.75, 3.05) is 20.7 Å². The van der Waals surface area contributed by atoms with Gasteiger partial charge in [0.25, 0.3) is 0 Å². The van der Waals surface area contributed by atoms with E-state index in [1.54, 1.807) is 12.0 Å². The van der Waals surface area contributed by atoms with Crippen LogP contribution in [0.5, 0.6) is 0 Å². The molecule has 1 unspecified atom stereocenters. The van der Waals surface area contributed by atoms with Gasteiger partial charge in [-0.25, -0.2) is 0 Å². The van der Waals surface area contributed by atoms with E-state index in [0.29, 0.717) is 13.2 Å². The fraction of sp³-hybridized carbons (Fsp3) is 0.500. The van der Waals surface area contributed by atoms with Crippen LogP contribution in [0.4, 0.5) is 0 Å². The van der Waals surface area contributed by atoms with Gasteiger partial charge in [-0.2, -0.15) is 0 Å². The molecule has 98 valence electrons. The van der Waals surface area contributed by atoms with E-state index in [0.717, 1.165) is 13.0 Å². The van der Waals surface area contributed by atoms with Gasteiger partial charge in [-0.15, -0.1) is 0 Å². The normalized spacial score (nSPS) is 19.6. The summed E-state index contributed by atoms with van der Waals surface area (Å²) in [4.78, 5) is 13.6. The number of likely N-dealkylation sites (N-methyl/N-ethyl adjacent to an activating group) is 1. The molecule has 1 aliphatic heterocycles. The molecule has 1 heterocycles. The molecule has 4 heteroatoms. The minimum absolute atomic E-state index is 0.0365. The number of nitrogens with zero attached hydrogens (tertiary/aromatic N) is 1. The van der Waals surface area contributed by atoms with Crippen LogP contribution in [0, 0.1) is 0 Å². The maximum absolute atomic E-state index is 11.8. The van der Waals surface area contributed by atoms with Gasteiger partial charge in [-0.1, -0.05) is 24.3 Å². The molecule has 1 aliphatic rings. The maximum atomic E-state index is 11.8. The number of hydrogen-bond acceptors (Lipinski definition) is 3. The number of likely N-dealkylation sites (tertiary alicyclic amines) is 1. The molecule has 2 rings (SSSR count). The van der Waals surface area contributed by atoms with Gasteiger partial charge in [0.2, 0.25) is 5.91 Å². The Morgan fingerprint density at radius 1 is 1.39 bits per heavy atom. The topological polar surface area (TPSA) is 41.6 Å². The van der Waals surface area contributed by atoms with Gasteiger partial charge >= 0.3 is 0 Å². The quantitative estimate of drug-likeness (QED) is 0.850. The third-order valence-corrected chi connectivity index (χ3v) is 3.38. The van der Waals surface area contributed by atoms with Crippen molar-refractivity contribution in [3.8, 4) is 0 Å². The highest BCUT2D eigenvalue weighted by molar-refractivity contribution is 5.83. The Bertz CT molecular complexity index is 420. The van der Waals surface area contributed by atoms with Crippen LogP contribution in [0.25, 0.3) is 0 Å². The number of amides is 1. The Labute approximate surface area is 108 Å². The minimum Gasteiger partial charge on any atom is -0.380 e. The van der Waals surface area contributed by atoms with E-state index in [9.17, 15) is 4.79 Å². The highest BCUT2D eigenvalue weighted by Crippen LogP contribution is 2.13. The van der Waals surface area contributed by atoms with Gasteiger partial charge in [0.05, 0.1) is 12.6 Å². The average molecular weight is 248 g/mol. The fourth-order valence-electron chi connectivity index (χ4n) is 2.27. The first-order valence-corrected chi connectivity index (χ1v) is 6.26. The largest absolute Gasteiger partial charge is 0.380 e. The summed E-state index contributed by atoms with van der Waals surface area (Å²) >= 11 is 0. The Morgan fingerprint density at radius 2 is 2.11 bits per heavy atom. The summed E-state index contributed by atoms with van der Waals surface area (Å²) in [6, 6.07) is 8.12. The lowest BCUT2D eigenvalue weighted by Gasteiger charge is -2.14. The van der Waals surface area contributed by atoms with E-state index in [-0.39, 0.29) is 11.9 Å². The highest BCUT2D eigenvalue weighted by Gasteiger charge is 2.28. The first kappa shape index (κ1) is 13.1. The Kier molecular flexibility index (Phi) is 4.33. The number of benzene rings is 1. The second-order valence-corrected chi connectivity index (χ2v) is 4.68. The van der Waals surface area contributed by atoms with Crippen molar-refractivity contribution in [2.24, 2.45) is 0 Å². The standard InChI is InChI=1S/C14H20N2O2/c1-16-8-7-13(14(16)17)15-9-11-5-3-4-6-12(11)10-18-2/h3-6,13,15H,7-10H2,1-2H3. The lowest BCUT2D eigenvalue weighted by Crippen LogP contribution is -2.36. The zero-order valence-corrected chi connectivity index (χ0v) is 11.0. The summed E-state index contributed by atoms with van der Waals surface area (Å²) in [7, 11) is 3.54. The van der Waals surface area contributed by atoms with Crippen LogP contribution in [0.3, 0.4) is 0 Å². The monoisotopic (exact) mass is 248 g/mol. The van der Waals surface area contributed by atoms with Gasteiger partial charge in [0, 0.05) is 27.2 Å². The average Bonchev–Trinajstić information content (AvgIpc) is 2.70. The summed E-state index contributed by atoms with van der Waals surface area (Å²) < 4.78 is 5.18. The van der Waals surface area contributed by atoms with E-state index in [4.69, 9.17) is 4.74 Å². The summed E-state index contributed by atoms with van der Waals surface area (Å²) in [6.07, 6.45) is 0.891. The molecule has 4 nitrogen and oxygen atoms in total. The van der Waals surface area contributed by atoms with E-state index in [1.165, 1.54) is 11.1 Å². The van der Waals surface area contributed by atoms with Gasteiger partial charge in [-0.3, -0.25) is 4.79 Å². The summed E-state index contributed by atoms with van der Waals surface area (Å²) in [5, 5.41) is 3.33. The fourth-order valence-corrected chi connectivity index (χ4v) is 2.27. The van der Waals surface area contributed by atoms with Crippen LogP contribution < -0.4 is 5.32 Å². The Hall–Kier alpha value is -1.39. The number of carbonyl (C=O) groups excluding carboxylic acids is 1. The summed E-state index contributed by atoms with van der Waals surface area (Å²) in [5.74, 6) is 0.194. The third-order valence-electron chi connectivity index (χ3n) is 3.38. The molecule has 1 saturated heterocycles. The molecule has 1 aromatic rings. The molecule has 1 fully saturated rings. The van der Waals surface area contributed by atoms with E-state index >= 15 is 0 Å². The van der Waals surface area contributed by atoms with Gasteiger partial charge in [0.15, 0.2) is 0 Å². The van der Waals surface area contributed by atoms with Crippen molar-refractivity contribution < 1.29 is 9.53 Å². The predicted octanol–water partition coefficient (Wildman–Crippen LogP) is 1.15. The predicted molar refractivity (Wildman–Crippen MR) is 70.0 cm³/mol. The lowest BCUT2D eigenvalue weighted by molar-refractivity contribution is -0.128. The van der Waals surface area contributed by atoms with Crippen molar-refractivity contribution in [3.63, 3.8) is 0 Å². The third kappa shape index (κ3) is 2.89. The maximum Gasteiger partial charge on any atom is 0.239 e. The zero-order chi connectivity index (χ0) is 13.0. The van der Waals surface area contributed by atoms with Crippen molar-refractivity contribution in [1.82, 2.24) is 10.2 Å². The minimum atomic E-state index is -0.0365. The SMILES string of the molecule is COCc1ccccc1CNC1CCN(C)C1=O. The Morgan fingerprint density at radius 3 is 2.72 bits per heavy atom. The van der Waals surface area contributed by atoms with Crippen LogP contribution in [-0.4, -0.2) is 37.6 Å². The molecule has 0 bridgehead atoms. The highest BCUT2D eigenvalue weighted by atomic mass is 16.5. The first-order valence-electron chi connectivity index (χ1n) is 6.26. The van der Waals surface area contributed by atoms with E-state index in [1.807, 2.05) is 19.2 Å². The molecular weight excluding hydrogens is 228 g/mol. The molecule has 1 atom stereocenters.